The topological polar surface area (TPSA) is 68.6 Å². The summed E-state index contributed by atoms with van der Waals surface area (Å²) >= 11 is 0. The zero-order chi connectivity index (χ0) is 22.3. The Bertz CT molecular complexity index is 1020. The lowest BCUT2D eigenvalue weighted by atomic mass is 9.87. The maximum atomic E-state index is 12.8. The predicted octanol–water partition coefficient (Wildman–Crippen LogP) is 3.05. The standard InChI is InChI=1S/C25H30N4O3/c1-31-22-16-20-10-15-28(18-24(30)26-11-6-13-29-14-7-12-27-29)25(19-8-4-3-5-9-19)21(20)17-23(22)32-2/h3-5,7-9,12,14,16-17,25H,6,10-11,13,15,18H2,1-2H3,(H,26,30). The number of nitrogens with zero attached hydrogens (tertiary/aromatic N) is 3. The molecule has 1 unspecified atom stereocenters. The molecule has 0 saturated heterocycles. The average Bonchev–Trinajstić information content (AvgIpc) is 3.35. The Balaban J connectivity index is 1.49. The summed E-state index contributed by atoms with van der Waals surface area (Å²) < 4.78 is 13.0. The molecule has 1 aliphatic rings. The molecule has 3 aromatic rings. The Morgan fingerprint density at radius 3 is 2.62 bits per heavy atom. The highest BCUT2D eigenvalue weighted by Gasteiger charge is 2.31. The molecule has 168 valence electrons. The van der Waals surface area contributed by atoms with Gasteiger partial charge in [0, 0.05) is 32.0 Å². The molecule has 0 bridgehead atoms. The van der Waals surface area contributed by atoms with E-state index in [0.29, 0.717) is 18.8 Å². The van der Waals surface area contributed by atoms with Crippen molar-refractivity contribution in [3.8, 4) is 11.5 Å². The molecule has 0 saturated carbocycles. The van der Waals surface area contributed by atoms with Crippen molar-refractivity contribution in [2.75, 3.05) is 33.9 Å². The van der Waals surface area contributed by atoms with Crippen LogP contribution < -0.4 is 14.8 Å². The highest BCUT2D eigenvalue weighted by Crippen LogP contribution is 2.40. The summed E-state index contributed by atoms with van der Waals surface area (Å²) in [6, 6.07) is 16.3. The van der Waals surface area contributed by atoms with Crippen molar-refractivity contribution >= 4 is 5.91 Å². The van der Waals surface area contributed by atoms with Gasteiger partial charge in [0.2, 0.25) is 5.91 Å². The first-order chi connectivity index (χ1) is 15.7. The van der Waals surface area contributed by atoms with Gasteiger partial charge >= 0.3 is 0 Å². The lowest BCUT2D eigenvalue weighted by molar-refractivity contribution is -0.122. The summed E-state index contributed by atoms with van der Waals surface area (Å²) in [5, 5.41) is 7.26. The molecular formula is C25H30N4O3. The van der Waals surface area contributed by atoms with Gasteiger partial charge in [0.05, 0.1) is 26.8 Å². The van der Waals surface area contributed by atoms with E-state index in [9.17, 15) is 4.79 Å². The number of hydrogen-bond donors (Lipinski definition) is 1. The Kier molecular flexibility index (Phi) is 7.07. The largest absolute Gasteiger partial charge is 0.493 e. The molecule has 1 aromatic heterocycles. The third-order valence-electron chi connectivity index (χ3n) is 5.88. The molecule has 32 heavy (non-hydrogen) atoms. The van der Waals surface area contributed by atoms with Gasteiger partial charge in [-0.1, -0.05) is 30.3 Å². The van der Waals surface area contributed by atoms with Gasteiger partial charge in [-0.05, 0) is 47.7 Å². The van der Waals surface area contributed by atoms with E-state index in [0.717, 1.165) is 42.8 Å². The number of carbonyl (C=O) groups excluding carboxylic acids is 1. The van der Waals surface area contributed by atoms with Crippen molar-refractivity contribution < 1.29 is 14.3 Å². The smallest absolute Gasteiger partial charge is 0.234 e. The SMILES string of the molecule is COc1cc2c(cc1OC)C(c1ccccc1)N(CC(=O)NCCCn1cccn1)CC2. The van der Waals surface area contributed by atoms with Gasteiger partial charge in [0.15, 0.2) is 11.5 Å². The van der Waals surface area contributed by atoms with Crippen molar-refractivity contribution in [1.82, 2.24) is 20.0 Å². The van der Waals surface area contributed by atoms with Gasteiger partial charge in [0.25, 0.3) is 0 Å². The van der Waals surface area contributed by atoms with Crippen LogP contribution in [0.5, 0.6) is 11.5 Å². The molecule has 1 amide bonds. The number of carbonyl (C=O) groups is 1. The van der Waals surface area contributed by atoms with E-state index in [-0.39, 0.29) is 11.9 Å². The Hall–Kier alpha value is -3.32. The molecule has 1 atom stereocenters. The molecule has 1 aliphatic heterocycles. The lowest BCUT2D eigenvalue weighted by Gasteiger charge is -2.37. The van der Waals surface area contributed by atoms with Crippen LogP contribution in [0.25, 0.3) is 0 Å². The van der Waals surface area contributed by atoms with E-state index in [1.165, 1.54) is 5.56 Å². The van der Waals surface area contributed by atoms with Crippen LogP contribution in [0.4, 0.5) is 0 Å². The molecule has 4 rings (SSSR count). The third kappa shape index (κ3) is 4.94. The van der Waals surface area contributed by atoms with E-state index in [2.05, 4.69) is 39.6 Å². The van der Waals surface area contributed by atoms with Gasteiger partial charge in [-0.2, -0.15) is 5.10 Å². The summed E-state index contributed by atoms with van der Waals surface area (Å²) in [6.45, 7) is 2.56. The predicted molar refractivity (Wildman–Crippen MR) is 123 cm³/mol. The summed E-state index contributed by atoms with van der Waals surface area (Å²) in [4.78, 5) is 15.0. The van der Waals surface area contributed by atoms with E-state index in [4.69, 9.17) is 9.47 Å². The van der Waals surface area contributed by atoms with Gasteiger partial charge in [-0.3, -0.25) is 14.4 Å². The Morgan fingerprint density at radius 2 is 1.91 bits per heavy atom. The maximum absolute atomic E-state index is 12.8. The van der Waals surface area contributed by atoms with Gasteiger partial charge in [0.1, 0.15) is 0 Å². The number of aryl methyl sites for hydroxylation is 1. The van der Waals surface area contributed by atoms with Crippen LogP contribution in [0.15, 0.2) is 60.9 Å². The second-order valence-electron chi connectivity index (χ2n) is 7.91. The molecule has 7 heteroatoms. The molecular weight excluding hydrogens is 404 g/mol. The number of methoxy groups -OCH3 is 2. The van der Waals surface area contributed by atoms with Gasteiger partial charge < -0.3 is 14.8 Å². The fraction of sp³-hybridized carbons (Fsp3) is 0.360. The molecule has 0 radical (unpaired) electrons. The van der Waals surface area contributed by atoms with Crippen LogP contribution in [0.1, 0.15) is 29.2 Å². The highest BCUT2D eigenvalue weighted by atomic mass is 16.5. The Morgan fingerprint density at radius 1 is 1.12 bits per heavy atom. The molecule has 0 aliphatic carbocycles. The maximum Gasteiger partial charge on any atom is 0.234 e. The molecule has 2 heterocycles. The Labute approximate surface area is 188 Å². The highest BCUT2D eigenvalue weighted by molar-refractivity contribution is 5.78. The monoisotopic (exact) mass is 434 g/mol. The number of nitrogens with one attached hydrogen (secondary N) is 1. The first-order valence-electron chi connectivity index (χ1n) is 11.0. The fourth-order valence-corrected chi connectivity index (χ4v) is 4.34. The number of hydrogen-bond acceptors (Lipinski definition) is 5. The number of rotatable bonds is 9. The minimum atomic E-state index is -0.0189. The molecule has 2 aromatic carbocycles. The number of ether oxygens (including phenoxy) is 2. The zero-order valence-electron chi connectivity index (χ0n) is 18.7. The van der Waals surface area contributed by atoms with Crippen molar-refractivity contribution in [1.29, 1.82) is 0 Å². The van der Waals surface area contributed by atoms with E-state index < -0.39 is 0 Å². The number of fused-ring (bicyclic) bond motifs is 1. The van der Waals surface area contributed by atoms with Crippen LogP contribution in [-0.2, 0) is 17.8 Å². The van der Waals surface area contributed by atoms with Gasteiger partial charge in [-0.15, -0.1) is 0 Å². The van der Waals surface area contributed by atoms with Crippen LogP contribution >= 0.6 is 0 Å². The van der Waals surface area contributed by atoms with Crippen LogP contribution in [0.2, 0.25) is 0 Å². The molecule has 0 fully saturated rings. The van der Waals surface area contributed by atoms with E-state index in [1.807, 2.05) is 35.1 Å². The summed E-state index contributed by atoms with van der Waals surface area (Å²) in [6.07, 6.45) is 5.39. The van der Waals surface area contributed by atoms with Crippen LogP contribution in [-0.4, -0.2) is 54.4 Å². The van der Waals surface area contributed by atoms with Crippen molar-refractivity contribution in [2.45, 2.75) is 25.4 Å². The second kappa shape index (κ2) is 10.3. The van der Waals surface area contributed by atoms with Crippen LogP contribution in [0, 0.1) is 0 Å². The third-order valence-corrected chi connectivity index (χ3v) is 5.88. The number of benzene rings is 2. The average molecular weight is 435 g/mol. The molecule has 7 nitrogen and oxygen atoms in total. The first kappa shape index (κ1) is 21.9. The van der Waals surface area contributed by atoms with Crippen LogP contribution in [0.3, 0.4) is 0 Å². The van der Waals surface area contributed by atoms with Crippen molar-refractivity contribution in [2.24, 2.45) is 0 Å². The number of amides is 1. The lowest BCUT2D eigenvalue weighted by Crippen LogP contribution is -2.43. The minimum Gasteiger partial charge on any atom is -0.493 e. The van der Waals surface area contributed by atoms with E-state index >= 15 is 0 Å². The first-order valence-corrected chi connectivity index (χ1v) is 11.0. The van der Waals surface area contributed by atoms with E-state index in [1.54, 1.807) is 20.4 Å². The fourth-order valence-electron chi connectivity index (χ4n) is 4.34. The quantitative estimate of drug-likeness (QED) is 0.525. The summed E-state index contributed by atoms with van der Waals surface area (Å²) in [5.74, 6) is 1.48. The summed E-state index contributed by atoms with van der Waals surface area (Å²) in [7, 11) is 3.31. The van der Waals surface area contributed by atoms with Gasteiger partial charge in [-0.25, -0.2) is 0 Å². The minimum absolute atomic E-state index is 0.0189. The molecule has 0 spiro atoms. The number of aromatic nitrogens is 2. The summed E-state index contributed by atoms with van der Waals surface area (Å²) in [5.41, 5.74) is 3.55. The van der Waals surface area contributed by atoms with Crippen molar-refractivity contribution in [3.05, 3.63) is 77.6 Å². The van der Waals surface area contributed by atoms with Crippen molar-refractivity contribution in [3.63, 3.8) is 0 Å². The zero-order valence-corrected chi connectivity index (χ0v) is 18.7. The molecule has 1 N–H and O–H groups in total. The normalized spacial score (nSPS) is 15.8. The second-order valence-corrected chi connectivity index (χ2v) is 7.91.